The predicted molar refractivity (Wildman–Crippen MR) is 103 cm³/mol. The average Bonchev–Trinajstić information content (AvgIpc) is 3.18. The van der Waals surface area contributed by atoms with Crippen LogP contribution < -0.4 is 0 Å². The number of hydrogen-bond acceptors (Lipinski definition) is 5. The number of Topliss-reactive ketones (excluding diaryl/α,β-unsaturated/α-hetero) is 1. The second-order valence-corrected chi connectivity index (χ2v) is 6.72. The van der Waals surface area contributed by atoms with E-state index in [1.165, 1.54) is 11.3 Å². The topological polar surface area (TPSA) is 56.3 Å². The molecule has 0 radical (unpaired) electrons. The lowest BCUT2D eigenvalue weighted by atomic mass is 10.0. The van der Waals surface area contributed by atoms with Gasteiger partial charge >= 0.3 is 5.97 Å². The van der Waals surface area contributed by atoms with E-state index in [1.54, 1.807) is 24.4 Å². The molecule has 3 rings (SSSR count). The molecule has 0 amide bonds. The van der Waals surface area contributed by atoms with Crippen LogP contribution in [0.5, 0.6) is 0 Å². The fourth-order valence-electron chi connectivity index (χ4n) is 2.49. The Hall–Kier alpha value is -2.79. The van der Waals surface area contributed by atoms with E-state index in [2.05, 4.69) is 11.9 Å². The van der Waals surface area contributed by atoms with Crippen LogP contribution in [0.3, 0.4) is 0 Å². The standard InChI is InChI=1S/C21H19NO3S/c1-3-15-9-11-16(12-10-15)19(23)14(2)25-21(24)18-13-26-20(22-18)17-7-5-4-6-8-17/h4-14H,3H2,1-2H3. The van der Waals surface area contributed by atoms with Crippen molar-refractivity contribution in [2.45, 2.75) is 26.4 Å². The number of aromatic nitrogens is 1. The summed E-state index contributed by atoms with van der Waals surface area (Å²) in [6, 6.07) is 17.0. The lowest BCUT2D eigenvalue weighted by molar-refractivity contribution is 0.0314. The molecule has 132 valence electrons. The fraction of sp³-hybridized carbons (Fsp3) is 0.190. The summed E-state index contributed by atoms with van der Waals surface area (Å²) in [4.78, 5) is 29.1. The van der Waals surface area contributed by atoms with Crippen LogP contribution in [0.4, 0.5) is 0 Å². The first kappa shape index (κ1) is 18.0. The number of ether oxygens (including phenoxy) is 1. The largest absolute Gasteiger partial charge is 0.450 e. The number of carbonyl (C=O) groups is 2. The van der Waals surface area contributed by atoms with Crippen molar-refractivity contribution in [1.29, 1.82) is 0 Å². The highest BCUT2D eigenvalue weighted by molar-refractivity contribution is 7.13. The number of nitrogens with zero attached hydrogens (tertiary/aromatic N) is 1. The molecule has 0 aliphatic carbocycles. The average molecular weight is 365 g/mol. The molecule has 26 heavy (non-hydrogen) atoms. The first-order valence-corrected chi connectivity index (χ1v) is 9.31. The minimum absolute atomic E-state index is 0.217. The molecule has 0 saturated carbocycles. The first-order valence-electron chi connectivity index (χ1n) is 8.43. The summed E-state index contributed by atoms with van der Waals surface area (Å²) in [7, 11) is 0. The number of benzene rings is 2. The van der Waals surface area contributed by atoms with Crippen molar-refractivity contribution in [2.75, 3.05) is 0 Å². The highest BCUT2D eigenvalue weighted by Gasteiger charge is 2.22. The maximum absolute atomic E-state index is 12.4. The Morgan fingerprint density at radius 1 is 1.08 bits per heavy atom. The van der Waals surface area contributed by atoms with Crippen molar-refractivity contribution < 1.29 is 14.3 Å². The first-order chi connectivity index (χ1) is 12.6. The number of thiazole rings is 1. The van der Waals surface area contributed by atoms with Crippen molar-refractivity contribution in [3.63, 3.8) is 0 Å². The fourth-order valence-corrected chi connectivity index (χ4v) is 3.29. The second-order valence-electron chi connectivity index (χ2n) is 5.87. The maximum atomic E-state index is 12.4. The van der Waals surface area contributed by atoms with Gasteiger partial charge in [-0.05, 0) is 18.9 Å². The number of esters is 1. The lowest BCUT2D eigenvalue weighted by Crippen LogP contribution is -2.24. The molecule has 0 aliphatic heterocycles. The molecule has 0 saturated heterocycles. The Labute approximate surface area is 156 Å². The molecule has 5 heteroatoms. The molecular weight excluding hydrogens is 346 g/mol. The van der Waals surface area contributed by atoms with Crippen molar-refractivity contribution in [1.82, 2.24) is 4.98 Å². The maximum Gasteiger partial charge on any atom is 0.358 e. The van der Waals surface area contributed by atoms with E-state index >= 15 is 0 Å². The second kappa shape index (κ2) is 8.06. The summed E-state index contributed by atoms with van der Waals surface area (Å²) < 4.78 is 5.31. The van der Waals surface area contributed by atoms with Gasteiger partial charge in [-0.3, -0.25) is 4.79 Å². The van der Waals surface area contributed by atoms with Gasteiger partial charge in [0.1, 0.15) is 5.01 Å². The number of hydrogen-bond donors (Lipinski definition) is 0. The molecule has 2 aromatic carbocycles. The summed E-state index contributed by atoms with van der Waals surface area (Å²) >= 11 is 1.37. The molecule has 0 N–H and O–H groups in total. The SMILES string of the molecule is CCc1ccc(C(=O)C(C)OC(=O)c2csc(-c3ccccc3)n2)cc1. The Morgan fingerprint density at radius 2 is 1.77 bits per heavy atom. The van der Waals surface area contributed by atoms with Gasteiger partial charge in [0.15, 0.2) is 11.8 Å². The van der Waals surface area contributed by atoms with E-state index in [4.69, 9.17) is 4.74 Å². The van der Waals surface area contributed by atoms with Gasteiger partial charge in [-0.1, -0.05) is 61.5 Å². The van der Waals surface area contributed by atoms with Crippen LogP contribution in [0.25, 0.3) is 10.6 Å². The Balaban J connectivity index is 1.67. The van der Waals surface area contributed by atoms with E-state index in [1.807, 2.05) is 42.5 Å². The summed E-state index contributed by atoms with van der Waals surface area (Å²) in [5.74, 6) is -0.811. The molecular formula is C21H19NO3S. The van der Waals surface area contributed by atoms with Crippen molar-refractivity contribution in [3.05, 3.63) is 76.8 Å². The third kappa shape index (κ3) is 4.06. The van der Waals surface area contributed by atoms with Crippen LogP contribution in [0.15, 0.2) is 60.0 Å². The summed E-state index contributed by atoms with van der Waals surface area (Å²) in [6.07, 6.45) is 0.0453. The molecule has 4 nitrogen and oxygen atoms in total. The predicted octanol–water partition coefficient (Wildman–Crippen LogP) is 4.80. The molecule has 1 atom stereocenters. The van der Waals surface area contributed by atoms with Crippen LogP contribution in [0, 0.1) is 0 Å². The lowest BCUT2D eigenvalue weighted by Gasteiger charge is -2.11. The quantitative estimate of drug-likeness (QED) is 0.465. The van der Waals surface area contributed by atoms with Crippen molar-refractivity contribution in [3.8, 4) is 10.6 Å². The Kier molecular flexibility index (Phi) is 5.58. The van der Waals surface area contributed by atoms with Crippen LogP contribution >= 0.6 is 11.3 Å². The van der Waals surface area contributed by atoms with Gasteiger partial charge in [0.05, 0.1) is 0 Å². The highest BCUT2D eigenvalue weighted by atomic mass is 32.1. The van der Waals surface area contributed by atoms with Crippen LogP contribution in [-0.2, 0) is 11.2 Å². The van der Waals surface area contributed by atoms with Gasteiger partial charge in [-0.25, -0.2) is 9.78 Å². The van der Waals surface area contributed by atoms with E-state index < -0.39 is 12.1 Å². The normalized spacial score (nSPS) is 11.8. The third-order valence-electron chi connectivity index (χ3n) is 4.03. The monoisotopic (exact) mass is 365 g/mol. The number of carbonyl (C=O) groups excluding carboxylic acids is 2. The number of ketones is 1. The summed E-state index contributed by atoms with van der Waals surface area (Å²) in [5.41, 5.74) is 2.85. The molecule has 1 aromatic heterocycles. The molecule has 0 aliphatic rings. The molecule has 0 spiro atoms. The van der Waals surface area contributed by atoms with Crippen LogP contribution in [0.1, 0.15) is 40.3 Å². The summed E-state index contributed by atoms with van der Waals surface area (Å²) in [5, 5.41) is 2.39. The highest BCUT2D eigenvalue weighted by Crippen LogP contribution is 2.24. The molecule has 1 heterocycles. The van der Waals surface area contributed by atoms with E-state index in [9.17, 15) is 9.59 Å². The number of rotatable bonds is 6. The van der Waals surface area contributed by atoms with Gasteiger partial charge in [-0.2, -0.15) is 0 Å². The molecule has 0 fully saturated rings. The van der Waals surface area contributed by atoms with Gasteiger partial charge in [0.2, 0.25) is 5.78 Å². The third-order valence-corrected chi connectivity index (χ3v) is 4.93. The number of aryl methyl sites for hydroxylation is 1. The van der Waals surface area contributed by atoms with Crippen molar-refractivity contribution in [2.24, 2.45) is 0 Å². The zero-order valence-electron chi connectivity index (χ0n) is 14.6. The van der Waals surface area contributed by atoms with E-state index in [0.29, 0.717) is 5.56 Å². The van der Waals surface area contributed by atoms with Crippen LogP contribution in [-0.4, -0.2) is 22.8 Å². The smallest absolute Gasteiger partial charge is 0.358 e. The van der Waals surface area contributed by atoms with Gasteiger partial charge in [-0.15, -0.1) is 11.3 Å². The Bertz CT molecular complexity index is 901. The minimum atomic E-state index is -0.864. The van der Waals surface area contributed by atoms with Crippen LogP contribution in [0.2, 0.25) is 0 Å². The van der Waals surface area contributed by atoms with E-state index in [-0.39, 0.29) is 11.5 Å². The van der Waals surface area contributed by atoms with Gasteiger partial charge in [0, 0.05) is 16.5 Å². The zero-order valence-corrected chi connectivity index (χ0v) is 15.5. The van der Waals surface area contributed by atoms with Gasteiger partial charge in [0.25, 0.3) is 0 Å². The zero-order chi connectivity index (χ0) is 18.5. The molecule has 3 aromatic rings. The Morgan fingerprint density at radius 3 is 2.42 bits per heavy atom. The van der Waals surface area contributed by atoms with Crippen molar-refractivity contribution >= 4 is 23.1 Å². The minimum Gasteiger partial charge on any atom is -0.450 e. The molecule has 1 unspecified atom stereocenters. The molecule has 0 bridgehead atoms. The van der Waals surface area contributed by atoms with Gasteiger partial charge < -0.3 is 4.74 Å². The van der Waals surface area contributed by atoms with E-state index in [0.717, 1.165) is 22.6 Å². The summed E-state index contributed by atoms with van der Waals surface area (Å²) in [6.45, 7) is 3.64.